The highest BCUT2D eigenvalue weighted by Crippen LogP contribution is 2.06. The van der Waals surface area contributed by atoms with Crippen LogP contribution >= 0.6 is 0 Å². The van der Waals surface area contributed by atoms with Crippen LogP contribution in [0, 0.1) is 0 Å². The third kappa shape index (κ3) is 9.04. The third-order valence-corrected chi connectivity index (χ3v) is 3.75. The van der Waals surface area contributed by atoms with Crippen molar-refractivity contribution in [1.29, 1.82) is 0 Å². The number of rotatable bonds is 11. The molecule has 1 amide bonds. The van der Waals surface area contributed by atoms with Crippen molar-refractivity contribution in [2.24, 2.45) is 0 Å². The first kappa shape index (κ1) is 18.4. The van der Waals surface area contributed by atoms with E-state index >= 15 is 0 Å². The average molecular weight is 270 g/mol. The number of carbonyl (C=O) groups excluding carboxylic acids is 1. The number of hydrogen-bond donors (Lipinski definition) is 2. The smallest absolute Gasteiger partial charge is 0.237 e. The number of unbranched alkanes of at least 4 members (excludes halogenated alkanes) is 3. The van der Waals surface area contributed by atoms with Crippen molar-refractivity contribution in [3.05, 3.63) is 0 Å². The molecule has 0 saturated heterocycles. The maximum absolute atomic E-state index is 12.0. The van der Waals surface area contributed by atoms with E-state index in [1.165, 1.54) is 25.7 Å². The van der Waals surface area contributed by atoms with E-state index in [0.29, 0.717) is 12.1 Å². The number of nitrogens with one attached hydrogen (secondary N) is 2. The summed E-state index contributed by atoms with van der Waals surface area (Å²) in [5.74, 6) is 0.133. The van der Waals surface area contributed by atoms with Gasteiger partial charge in [0.05, 0.1) is 6.04 Å². The molecule has 0 aliphatic heterocycles. The lowest BCUT2D eigenvalue weighted by atomic mass is 10.1. The molecule has 0 spiro atoms. The lowest BCUT2D eigenvalue weighted by molar-refractivity contribution is -0.123. The fraction of sp³-hybridized carbons (Fsp3) is 0.938. The number of hydrogen-bond acceptors (Lipinski definition) is 2. The average Bonchev–Trinajstić information content (AvgIpc) is 2.40. The second kappa shape index (κ2) is 11.3. The molecular formula is C16H34N2O. The van der Waals surface area contributed by atoms with E-state index in [2.05, 4.69) is 38.3 Å². The molecule has 0 radical (unpaired) electrons. The fourth-order valence-electron chi connectivity index (χ4n) is 2.28. The quantitative estimate of drug-likeness (QED) is 0.563. The zero-order valence-electron chi connectivity index (χ0n) is 13.6. The summed E-state index contributed by atoms with van der Waals surface area (Å²) in [6, 6.07) is 0.637. The van der Waals surface area contributed by atoms with Crippen LogP contribution in [0.2, 0.25) is 0 Å². The standard InChI is InChI=1S/C16H34N2O/c1-6-9-10-11-12-13(4)17-14(5)16(19)18-15(7-2)8-3/h13-15,17H,6-12H2,1-5H3,(H,18,19). The molecular weight excluding hydrogens is 236 g/mol. The van der Waals surface area contributed by atoms with Gasteiger partial charge in [0.2, 0.25) is 5.91 Å². The summed E-state index contributed by atoms with van der Waals surface area (Å²) in [6.45, 7) is 10.6. The van der Waals surface area contributed by atoms with E-state index in [4.69, 9.17) is 0 Å². The van der Waals surface area contributed by atoms with Gasteiger partial charge in [0.15, 0.2) is 0 Å². The van der Waals surface area contributed by atoms with Crippen molar-refractivity contribution in [3.8, 4) is 0 Å². The molecule has 2 atom stereocenters. The van der Waals surface area contributed by atoms with Crippen LogP contribution in [0.3, 0.4) is 0 Å². The molecule has 0 saturated carbocycles. The molecule has 0 aliphatic rings. The summed E-state index contributed by atoms with van der Waals surface area (Å²) in [5.41, 5.74) is 0. The second-order valence-electron chi connectivity index (χ2n) is 5.66. The fourth-order valence-corrected chi connectivity index (χ4v) is 2.28. The highest BCUT2D eigenvalue weighted by atomic mass is 16.2. The predicted octanol–water partition coefficient (Wildman–Crippen LogP) is 3.63. The van der Waals surface area contributed by atoms with Crippen LogP contribution in [-0.4, -0.2) is 24.0 Å². The van der Waals surface area contributed by atoms with Crippen molar-refractivity contribution < 1.29 is 4.79 Å². The van der Waals surface area contributed by atoms with E-state index in [-0.39, 0.29) is 11.9 Å². The SMILES string of the molecule is CCCCCCC(C)NC(C)C(=O)NC(CC)CC. The molecule has 0 aromatic rings. The van der Waals surface area contributed by atoms with Gasteiger partial charge in [-0.25, -0.2) is 0 Å². The topological polar surface area (TPSA) is 41.1 Å². The van der Waals surface area contributed by atoms with Gasteiger partial charge in [-0.2, -0.15) is 0 Å². The van der Waals surface area contributed by atoms with Gasteiger partial charge >= 0.3 is 0 Å². The van der Waals surface area contributed by atoms with E-state index < -0.39 is 0 Å². The molecule has 0 rings (SSSR count). The van der Waals surface area contributed by atoms with Crippen LogP contribution in [0.4, 0.5) is 0 Å². The molecule has 19 heavy (non-hydrogen) atoms. The minimum atomic E-state index is -0.0956. The normalized spacial score (nSPS) is 14.4. The summed E-state index contributed by atoms with van der Waals surface area (Å²) < 4.78 is 0. The molecule has 2 unspecified atom stereocenters. The van der Waals surface area contributed by atoms with Gasteiger partial charge in [-0.3, -0.25) is 4.79 Å². The molecule has 3 heteroatoms. The van der Waals surface area contributed by atoms with Gasteiger partial charge in [-0.1, -0.05) is 46.5 Å². The van der Waals surface area contributed by atoms with Gasteiger partial charge in [-0.05, 0) is 33.1 Å². The van der Waals surface area contributed by atoms with Crippen LogP contribution in [0.15, 0.2) is 0 Å². The van der Waals surface area contributed by atoms with Gasteiger partial charge in [-0.15, -0.1) is 0 Å². The lowest BCUT2D eigenvalue weighted by Crippen LogP contribution is -2.48. The van der Waals surface area contributed by atoms with Gasteiger partial charge in [0.25, 0.3) is 0 Å². The Bertz CT molecular complexity index is 227. The molecule has 0 bridgehead atoms. The second-order valence-corrected chi connectivity index (χ2v) is 5.66. The van der Waals surface area contributed by atoms with Crippen LogP contribution in [0.25, 0.3) is 0 Å². The van der Waals surface area contributed by atoms with Crippen molar-refractivity contribution >= 4 is 5.91 Å². The van der Waals surface area contributed by atoms with Crippen LogP contribution in [0.5, 0.6) is 0 Å². The van der Waals surface area contributed by atoms with Gasteiger partial charge in [0, 0.05) is 12.1 Å². The Hall–Kier alpha value is -0.570. The summed E-state index contributed by atoms with van der Waals surface area (Å²) in [6.07, 6.45) is 8.30. The van der Waals surface area contributed by atoms with Crippen LogP contribution in [-0.2, 0) is 4.79 Å². The third-order valence-electron chi connectivity index (χ3n) is 3.75. The van der Waals surface area contributed by atoms with E-state index in [1.54, 1.807) is 0 Å². The zero-order chi connectivity index (χ0) is 14.7. The Balaban J connectivity index is 3.87. The maximum Gasteiger partial charge on any atom is 0.237 e. The lowest BCUT2D eigenvalue weighted by Gasteiger charge is -2.22. The van der Waals surface area contributed by atoms with Crippen molar-refractivity contribution in [1.82, 2.24) is 10.6 Å². The van der Waals surface area contributed by atoms with Crippen LogP contribution < -0.4 is 10.6 Å². The van der Waals surface area contributed by atoms with E-state index in [0.717, 1.165) is 19.3 Å². The number of carbonyl (C=O) groups is 1. The van der Waals surface area contributed by atoms with Gasteiger partial charge in [0.1, 0.15) is 0 Å². The maximum atomic E-state index is 12.0. The highest BCUT2D eigenvalue weighted by molar-refractivity contribution is 5.81. The number of amides is 1. The van der Waals surface area contributed by atoms with Crippen molar-refractivity contribution in [3.63, 3.8) is 0 Å². The predicted molar refractivity (Wildman–Crippen MR) is 83.3 cm³/mol. The molecule has 0 heterocycles. The summed E-state index contributed by atoms with van der Waals surface area (Å²) in [7, 11) is 0. The van der Waals surface area contributed by atoms with Crippen molar-refractivity contribution in [2.45, 2.75) is 97.7 Å². The Labute approximate surface area is 119 Å². The first-order chi connectivity index (χ1) is 9.04. The van der Waals surface area contributed by atoms with Crippen molar-refractivity contribution in [2.75, 3.05) is 0 Å². The molecule has 0 aromatic heterocycles. The highest BCUT2D eigenvalue weighted by Gasteiger charge is 2.17. The Morgan fingerprint density at radius 1 is 1.00 bits per heavy atom. The summed E-state index contributed by atoms with van der Waals surface area (Å²) >= 11 is 0. The van der Waals surface area contributed by atoms with Gasteiger partial charge < -0.3 is 10.6 Å². The summed E-state index contributed by atoms with van der Waals surface area (Å²) in [5, 5.41) is 6.49. The minimum absolute atomic E-state index is 0.0956. The van der Waals surface area contributed by atoms with E-state index in [1.807, 2.05) is 6.92 Å². The Kier molecular flexibility index (Phi) is 10.9. The molecule has 0 aliphatic carbocycles. The largest absolute Gasteiger partial charge is 0.352 e. The monoisotopic (exact) mass is 270 g/mol. The van der Waals surface area contributed by atoms with Crippen LogP contribution in [0.1, 0.15) is 79.6 Å². The minimum Gasteiger partial charge on any atom is -0.352 e. The first-order valence-corrected chi connectivity index (χ1v) is 8.11. The first-order valence-electron chi connectivity index (χ1n) is 8.11. The molecule has 114 valence electrons. The molecule has 0 fully saturated rings. The Morgan fingerprint density at radius 2 is 1.63 bits per heavy atom. The summed E-state index contributed by atoms with van der Waals surface area (Å²) in [4.78, 5) is 12.0. The Morgan fingerprint density at radius 3 is 2.16 bits per heavy atom. The molecule has 2 N–H and O–H groups in total. The van der Waals surface area contributed by atoms with E-state index in [9.17, 15) is 4.79 Å². The molecule has 3 nitrogen and oxygen atoms in total. The zero-order valence-corrected chi connectivity index (χ0v) is 13.6. The molecule has 0 aromatic carbocycles.